The number of hydroxylamine groups is 1. The number of hydrogen-bond donors (Lipinski definition) is 1. The van der Waals surface area contributed by atoms with Gasteiger partial charge in [0.25, 0.3) is 0 Å². The predicted octanol–water partition coefficient (Wildman–Crippen LogP) is 5.04. The number of nitrogens with zero attached hydrogens (tertiary/aromatic N) is 2. The third kappa shape index (κ3) is 5.51. The first-order valence-corrected chi connectivity index (χ1v) is 13.2. The van der Waals surface area contributed by atoms with Gasteiger partial charge in [0, 0.05) is 28.1 Å². The van der Waals surface area contributed by atoms with Gasteiger partial charge in [-0.3, -0.25) is 0 Å². The molecule has 1 aliphatic carbocycles. The molecule has 2 fully saturated rings. The van der Waals surface area contributed by atoms with E-state index in [2.05, 4.69) is 10.2 Å². The molecule has 1 saturated carbocycles. The normalized spacial score (nSPS) is 22.8. The van der Waals surface area contributed by atoms with Gasteiger partial charge in [0.2, 0.25) is 0 Å². The van der Waals surface area contributed by atoms with E-state index in [0.717, 1.165) is 24.9 Å². The maximum Gasteiger partial charge on any atom is 0.493 e. The molecular weight excluding hydrogens is 618 g/mol. The molecule has 1 saturated heterocycles. The average Bonchev–Trinajstić information content (AvgIpc) is 3.34. The van der Waals surface area contributed by atoms with E-state index in [-0.39, 0.29) is 23.2 Å². The van der Waals surface area contributed by atoms with E-state index in [4.69, 9.17) is 9.47 Å². The molecule has 1 heterocycles. The van der Waals surface area contributed by atoms with Crippen LogP contribution < -0.4 is 19.9 Å². The van der Waals surface area contributed by atoms with Gasteiger partial charge in [-0.1, -0.05) is 12.1 Å². The molecule has 2 aromatic carbocycles. The highest BCUT2D eigenvalue weighted by Crippen LogP contribution is 2.48. The fourth-order valence-corrected chi connectivity index (χ4v) is 6.01. The Balaban J connectivity index is 1.56. The van der Waals surface area contributed by atoms with E-state index >= 15 is 0 Å². The number of benzene rings is 2. The minimum atomic E-state index is -5.25. The van der Waals surface area contributed by atoms with Crippen molar-refractivity contribution >= 4 is 40.3 Å². The van der Waals surface area contributed by atoms with Gasteiger partial charge < -0.3 is 24.5 Å². The third-order valence-electron chi connectivity index (χ3n) is 7.49. The van der Waals surface area contributed by atoms with Crippen molar-refractivity contribution in [2.75, 3.05) is 32.9 Å². The van der Waals surface area contributed by atoms with Gasteiger partial charge in [0.15, 0.2) is 11.5 Å². The first kappa shape index (κ1) is 28.3. The highest BCUT2D eigenvalue weighted by Gasteiger charge is 2.50. The Kier molecular flexibility index (Phi) is 8.31. The van der Waals surface area contributed by atoms with Crippen LogP contribution in [0.2, 0.25) is 0 Å². The molecule has 3 atom stereocenters. The highest BCUT2D eigenvalue weighted by molar-refractivity contribution is 14.1. The Bertz CT molecular complexity index is 1200. The van der Waals surface area contributed by atoms with Crippen molar-refractivity contribution in [3.05, 3.63) is 51.6 Å². The minimum absolute atomic E-state index is 0.0263. The van der Waals surface area contributed by atoms with Crippen LogP contribution in [-0.2, 0) is 15.0 Å². The molecule has 1 N–H and O–H groups in total. The number of hydrogen-bond acceptors (Lipinski definition) is 6. The Hall–Kier alpha value is -2.74. The van der Waals surface area contributed by atoms with Crippen molar-refractivity contribution in [1.29, 1.82) is 0 Å². The number of urea groups is 1. The zero-order chi connectivity index (χ0) is 27.7. The smallest absolute Gasteiger partial charge is 0.493 e. The largest absolute Gasteiger partial charge is 0.493 e. The molecule has 0 aromatic heterocycles. The van der Waals surface area contributed by atoms with E-state index in [9.17, 15) is 22.8 Å². The fourth-order valence-electron chi connectivity index (χ4n) is 5.49. The van der Waals surface area contributed by atoms with Crippen LogP contribution in [0.4, 0.5) is 23.7 Å². The lowest BCUT2D eigenvalue weighted by atomic mass is 9.65. The predicted molar refractivity (Wildman–Crippen MR) is 142 cm³/mol. The molecule has 8 nitrogen and oxygen atoms in total. The van der Waals surface area contributed by atoms with Crippen LogP contribution >= 0.6 is 22.6 Å². The number of anilines is 1. The zero-order valence-corrected chi connectivity index (χ0v) is 23.3. The van der Waals surface area contributed by atoms with Gasteiger partial charge in [0.1, 0.15) is 0 Å². The Morgan fingerprint density at radius 3 is 2.47 bits per heavy atom. The second-order valence-electron chi connectivity index (χ2n) is 9.46. The number of carbonyl (C=O) groups is 2. The Labute approximate surface area is 232 Å². The SMILES string of the molecule is COc1ccc([C@]23CCN[C@@H]2C[C@@H](N(C)C(=O)N(OC(=O)C(F)(F)F)c2cccc(I)c2)CC3)cc1OC. The molecule has 0 bridgehead atoms. The number of rotatable bonds is 5. The lowest BCUT2D eigenvalue weighted by Gasteiger charge is -2.45. The summed E-state index contributed by atoms with van der Waals surface area (Å²) in [6.45, 7) is 0.793. The number of methoxy groups -OCH3 is 2. The third-order valence-corrected chi connectivity index (χ3v) is 8.16. The van der Waals surface area contributed by atoms with E-state index in [0.29, 0.717) is 33.0 Å². The van der Waals surface area contributed by atoms with Gasteiger partial charge in [-0.05, 0) is 90.7 Å². The topological polar surface area (TPSA) is 80.3 Å². The summed E-state index contributed by atoms with van der Waals surface area (Å²) in [7, 11) is 4.69. The molecule has 0 radical (unpaired) electrons. The monoisotopic (exact) mass is 647 g/mol. The van der Waals surface area contributed by atoms with Crippen molar-refractivity contribution in [3.8, 4) is 11.5 Å². The first-order chi connectivity index (χ1) is 18.0. The summed E-state index contributed by atoms with van der Waals surface area (Å²) in [6, 6.07) is 11.0. The van der Waals surface area contributed by atoms with Crippen LogP contribution in [-0.4, -0.2) is 63.0 Å². The van der Waals surface area contributed by atoms with Crippen LogP contribution in [0.25, 0.3) is 0 Å². The van der Waals surface area contributed by atoms with Gasteiger partial charge in [-0.15, -0.1) is 5.06 Å². The fraction of sp³-hybridized carbons (Fsp3) is 0.462. The standard InChI is InChI=1S/C26H29F3IN3O5/c1-32(24(35)33(38-23(34)26(27,28)29)19-6-4-5-17(30)14-19)18-9-10-25(11-12-31-22(25)15-18)16-7-8-20(36-2)21(13-16)37-3/h4-8,13-14,18,22,31H,9-12,15H2,1-3H3/t18-,22+,25-/m0/s1. The molecule has 38 heavy (non-hydrogen) atoms. The van der Waals surface area contributed by atoms with Crippen LogP contribution in [0.3, 0.4) is 0 Å². The minimum Gasteiger partial charge on any atom is -0.493 e. The summed E-state index contributed by atoms with van der Waals surface area (Å²) in [6.07, 6.45) is -2.42. The highest BCUT2D eigenvalue weighted by atomic mass is 127. The van der Waals surface area contributed by atoms with E-state index < -0.39 is 18.2 Å². The van der Waals surface area contributed by atoms with Crippen molar-refractivity contribution < 1.29 is 37.1 Å². The molecular formula is C26H29F3IN3O5. The molecule has 1 aliphatic heterocycles. The number of nitrogens with one attached hydrogen (secondary N) is 1. The molecule has 206 valence electrons. The lowest BCUT2D eigenvalue weighted by Crippen LogP contribution is -2.54. The van der Waals surface area contributed by atoms with Gasteiger partial charge >= 0.3 is 18.2 Å². The van der Waals surface area contributed by atoms with Crippen molar-refractivity contribution in [1.82, 2.24) is 10.2 Å². The number of fused-ring (bicyclic) bond motifs is 1. The molecule has 2 aromatic rings. The summed E-state index contributed by atoms with van der Waals surface area (Å²) in [5.41, 5.74) is 0.954. The number of carbonyl (C=O) groups excluding carboxylic acids is 2. The Morgan fingerprint density at radius 2 is 1.82 bits per heavy atom. The Morgan fingerprint density at radius 1 is 1.08 bits per heavy atom. The molecule has 2 amide bonds. The molecule has 0 unspecified atom stereocenters. The maximum atomic E-state index is 13.5. The van der Waals surface area contributed by atoms with Crippen molar-refractivity contribution in [2.24, 2.45) is 0 Å². The van der Waals surface area contributed by atoms with Crippen LogP contribution in [0.1, 0.15) is 31.2 Å². The molecule has 4 rings (SSSR count). The summed E-state index contributed by atoms with van der Waals surface area (Å²) in [5.74, 6) is -1.19. The summed E-state index contributed by atoms with van der Waals surface area (Å²) >= 11 is 1.97. The zero-order valence-electron chi connectivity index (χ0n) is 21.2. The molecule has 0 spiro atoms. The van der Waals surface area contributed by atoms with Crippen LogP contribution in [0.5, 0.6) is 11.5 Å². The summed E-state index contributed by atoms with van der Waals surface area (Å²) in [4.78, 5) is 31.1. The van der Waals surface area contributed by atoms with E-state index in [1.165, 1.54) is 24.1 Å². The van der Waals surface area contributed by atoms with E-state index in [1.807, 2.05) is 40.8 Å². The number of alkyl halides is 3. The number of ether oxygens (including phenoxy) is 2. The van der Waals surface area contributed by atoms with Gasteiger partial charge in [-0.2, -0.15) is 13.2 Å². The van der Waals surface area contributed by atoms with Crippen molar-refractivity contribution in [3.63, 3.8) is 0 Å². The molecule has 12 heteroatoms. The molecule has 2 aliphatic rings. The summed E-state index contributed by atoms with van der Waals surface area (Å²) in [5, 5.41) is 3.98. The second-order valence-corrected chi connectivity index (χ2v) is 10.7. The second kappa shape index (κ2) is 11.2. The average molecular weight is 647 g/mol. The van der Waals surface area contributed by atoms with Gasteiger partial charge in [0.05, 0.1) is 19.9 Å². The maximum absolute atomic E-state index is 13.5. The first-order valence-electron chi connectivity index (χ1n) is 12.1. The number of halogens is 4. The number of amides is 2. The van der Waals surface area contributed by atoms with E-state index in [1.54, 1.807) is 26.4 Å². The van der Waals surface area contributed by atoms with Gasteiger partial charge in [-0.25, -0.2) is 9.59 Å². The quantitative estimate of drug-likeness (QED) is 0.362. The van der Waals surface area contributed by atoms with Crippen molar-refractivity contribution in [2.45, 2.75) is 49.4 Å². The summed E-state index contributed by atoms with van der Waals surface area (Å²) < 4.78 is 50.6. The van der Waals surface area contributed by atoms with Crippen LogP contribution in [0.15, 0.2) is 42.5 Å². The van der Waals surface area contributed by atoms with Crippen LogP contribution in [0, 0.1) is 3.57 Å². The lowest BCUT2D eigenvalue weighted by molar-refractivity contribution is -0.200.